The third-order valence-electron chi connectivity index (χ3n) is 4.19. The van der Waals surface area contributed by atoms with Crippen LogP contribution in [0.4, 0.5) is 5.69 Å². The largest absolute Gasteiger partial charge is 0.399 e. The molecule has 0 saturated carbocycles. The SMILES string of the molecule is Cc1cc(Cc2c(Cl)cc(N)cc2Cl)ccc1C(=O)c1ccc(Cl)cc1. The van der Waals surface area contributed by atoms with Gasteiger partial charge in [0.1, 0.15) is 0 Å². The van der Waals surface area contributed by atoms with Crippen LogP contribution in [0, 0.1) is 6.92 Å². The maximum Gasteiger partial charge on any atom is 0.193 e. The Morgan fingerprint density at radius 2 is 1.54 bits per heavy atom. The zero-order chi connectivity index (χ0) is 18.8. The summed E-state index contributed by atoms with van der Waals surface area (Å²) in [5.74, 6) is -0.0331. The van der Waals surface area contributed by atoms with Crippen molar-refractivity contribution >= 4 is 46.3 Å². The van der Waals surface area contributed by atoms with Gasteiger partial charge >= 0.3 is 0 Å². The second kappa shape index (κ2) is 7.71. The van der Waals surface area contributed by atoms with Gasteiger partial charge < -0.3 is 5.73 Å². The average Bonchev–Trinajstić information content (AvgIpc) is 2.58. The number of carbonyl (C=O) groups excluding carboxylic acids is 1. The highest BCUT2D eigenvalue weighted by atomic mass is 35.5. The van der Waals surface area contributed by atoms with Crippen LogP contribution in [0.15, 0.2) is 54.6 Å². The van der Waals surface area contributed by atoms with Gasteiger partial charge in [-0.05, 0) is 60.0 Å². The standard InChI is InChI=1S/C21H16Cl3NO/c1-12-8-13(9-18-19(23)10-16(25)11-20(18)24)2-7-17(12)21(26)14-3-5-15(22)6-4-14/h2-8,10-11H,9,25H2,1H3. The van der Waals surface area contributed by atoms with Crippen LogP contribution < -0.4 is 5.73 Å². The molecular weight excluding hydrogens is 389 g/mol. The number of halogens is 3. The smallest absolute Gasteiger partial charge is 0.193 e. The van der Waals surface area contributed by atoms with Gasteiger partial charge in [-0.15, -0.1) is 0 Å². The van der Waals surface area contributed by atoms with E-state index in [0.29, 0.717) is 38.3 Å². The van der Waals surface area contributed by atoms with Crippen LogP contribution in [0.1, 0.15) is 32.6 Å². The number of nitrogen functional groups attached to an aromatic ring is 1. The first-order chi connectivity index (χ1) is 12.3. The van der Waals surface area contributed by atoms with E-state index in [1.807, 2.05) is 25.1 Å². The van der Waals surface area contributed by atoms with Crippen LogP contribution in [-0.2, 0) is 6.42 Å². The number of rotatable bonds is 4. The Balaban J connectivity index is 1.88. The Hall–Kier alpha value is -2.00. The van der Waals surface area contributed by atoms with Gasteiger partial charge in [0.05, 0.1) is 0 Å². The molecule has 3 aromatic rings. The summed E-state index contributed by atoms with van der Waals surface area (Å²) >= 11 is 18.4. The van der Waals surface area contributed by atoms with Crippen LogP contribution in [0.3, 0.4) is 0 Å². The number of carbonyl (C=O) groups is 1. The molecule has 0 aromatic heterocycles. The molecule has 0 atom stereocenters. The molecule has 0 heterocycles. The number of hydrogen-bond acceptors (Lipinski definition) is 2. The highest BCUT2D eigenvalue weighted by Gasteiger charge is 2.14. The van der Waals surface area contributed by atoms with Gasteiger partial charge in [-0.25, -0.2) is 0 Å². The van der Waals surface area contributed by atoms with E-state index in [1.165, 1.54) is 0 Å². The van der Waals surface area contributed by atoms with E-state index < -0.39 is 0 Å². The molecule has 0 bridgehead atoms. The predicted octanol–water partition coefficient (Wildman–Crippen LogP) is 6.36. The number of hydrogen-bond donors (Lipinski definition) is 1. The maximum atomic E-state index is 12.7. The zero-order valence-corrected chi connectivity index (χ0v) is 16.3. The number of anilines is 1. The zero-order valence-electron chi connectivity index (χ0n) is 14.0. The fourth-order valence-corrected chi connectivity index (χ4v) is 3.61. The fourth-order valence-electron chi connectivity index (χ4n) is 2.84. The lowest BCUT2D eigenvalue weighted by Gasteiger charge is -2.11. The Kier molecular flexibility index (Phi) is 5.57. The summed E-state index contributed by atoms with van der Waals surface area (Å²) in [6, 6.07) is 16.0. The molecule has 2 N–H and O–H groups in total. The van der Waals surface area contributed by atoms with Crippen LogP contribution >= 0.6 is 34.8 Å². The first kappa shape index (κ1) is 18.8. The quantitative estimate of drug-likeness (QED) is 0.406. The van der Waals surface area contributed by atoms with Crippen LogP contribution in [-0.4, -0.2) is 5.78 Å². The predicted molar refractivity (Wildman–Crippen MR) is 110 cm³/mol. The minimum absolute atomic E-state index is 0.0331. The minimum Gasteiger partial charge on any atom is -0.399 e. The molecule has 3 aromatic carbocycles. The Morgan fingerprint density at radius 1 is 0.923 bits per heavy atom. The van der Waals surface area contributed by atoms with Crippen molar-refractivity contribution in [3.63, 3.8) is 0 Å². The van der Waals surface area contributed by atoms with Crippen molar-refractivity contribution in [2.75, 3.05) is 5.73 Å². The molecule has 26 heavy (non-hydrogen) atoms. The lowest BCUT2D eigenvalue weighted by Crippen LogP contribution is -2.04. The molecule has 0 radical (unpaired) electrons. The molecule has 3 rings (SSSR count). The summed E-state index contributed by atoms with van der Waals surface area (Å²) in [5, 5.41) is 1.67. The molecular formula is C21H16Cl3NO. The summed E-state index contributed by atoms with van der Waals surface area (Å²) < 4.78 is 0. The molecule has 0 saturated heterocycles. The summed E-state index contributed by atoms with van der Waals surface area (Å²) in [6.07, 6.45) is 0.564. The second-order valence-electron chi connectivity index (χ2n) is 6.13. The molecule has 0 amide bonds. The molecule has 0 aliphatic carbocycles. The summed E-state index contributed by atoms with van der Waals surface area (Å²) in [6.45, 7) is 1.92. The van der Waals surface area contributed by atoms with Gasteiger partial charge in [0, 0.05) is 38.3 Å². The van der Waals surface area contributed by atoms with E-state index in [-0.39, 0.29) is 5.78 Å². The van der Waals surface area contributed by atoms with E-state index >= 15 is 0 Å². The first-order valence-electron chi connectivity index (χ1n) is 7.98. The topological polar surface area (TPSA) is 43.1 Å². The number of ketones is 1. The van der Waals surface area contributed by atoms with Crippen molar-refractivity contribution in [3.8, 4) is 0 Å². The average molecular weight is 405 g/mol. The van der Waals surface area contributed by atoms with Gasteiger partial charge in [0.2, 0.25) is 0 Å². The van der Waals surface area contributed by atoms with E-state index in [9.17, 15) is 4.79 Å². The Morgan fingerprint density at radius 3 is 2.12 bits per heavy atom. The number of aryl methyl sites for hydroxylation is 1. The van der Waals surface area contributed by atoms with Crippen molar-refractivity contribution in [2.45, 2.75) is 13.3 Å². The van der Waals surface area contributed by atoms with Crippen molar-refractivity contribution in [1.29, 1.82) is 0 Å². The second-order valence-corrected chi connectivity index (χ2v) is 7.38. The van der Waals surface area contributed by atoms with Gasteiger partial charge in [-0.3, -0.25) is 4.79 Å². The molecule has 0 aliphatic heterocycles. The number of benzene rings is 3. The van der Waals surface area contributed by atoms with Gasteiger partial charge in [0.25, 0.3) is 0 Å². The molecule has 0 fully saturated rings. The third kappa shape index (κ3) is 4.04. The van der Waals surface area contributed by atoms with Crippen molar-refractivity contribution in [3.05, 3.63) is 97.5 Å². The van der Waals surface area contributed by atoms with Gasteiger partial charge in [0.15, 0.2) is 5.78 Å². The fraction of sp³-hybridized carbons (Fsp3) is 0.0952. The molecule has 0 aliphatic rings. The molecule has 0 spiro atoms. The van der Waals surface area contributed by atoms with Crippen molar-refractivity contribution in [2.24, 2.45) is 0 Å². The first-order valence-corrected chi connectivity index (χ1v) is 9.11. The van der Waals surface area contributed by atoms with Crippen molar-refractivity contribution in [1.82, 2.24) is 0 Å². The van der Waals surface area contributed by atoms with Gasteiger partial charge in [-0.1, -0.05) is 53.0 Å². The van der Waals surface area contributed by atoms with Crippen LogP contribution in [0.5, 0.6) is 0 Å². The van der Waals surface area contributed by atoms with Gasteiger partial charge in [-0.2, -0.15) is 0 Å². The lowest BCUT2D eigenvalue weighted by atomic mass is 9.95. The molecule has 132 valence electrons. The molecule has 2 nitrogen and oxygen atoms in total. The molecule has 0 unspecified atom stereocenters. The summed E-state index contributed by atoms with van der Waals surface area (Å²) in [4.78, 5) is 12.7. The molecule has 5 heteroatoms. The van der Waals surface area contributed by atoms with E-state index in [2.05, 4.69) is 0 Å². The van der Waals surface area contributed by atoms with Crippen LogP contribution in [0.25, 0.3) is 0 Å². The van der Waals surface area contributed by atoms with Crippen molar-refractivity contribution < 1.29 is 4.79 Å². The highest BCUT2D eigenvalue weighted by Crippen LogP contribution is 2.30. The van der Waals surface area contributed by atoms with E-state index in [0.717, 1.165) is 16.7 Å². The lowest BCUT2D eigenvalue weighted by molar-refractivity contribution is 0.103. The monoisotopic (exact) mass is 403 g/mol. The van der Waals surface area contributed by atoms with E-state index in [1.54, 1.807) is 36.4 Å². The normalized spacial score (nSPS) is 10.8. The highest BCUT2D eigenvalue weighted by molar-refractivity contribution is 6.36. The van der Waals surface area contributed by atoms with Crippen LogP contribution in [0.2, 0.25) is 15.1 Å². The Labute approximate surface area is 167 Å². The maximum absolute atomic E-state index is 12.7. The third-order valence-corrected chi connectivity index (χ3v) is 5.11. The number of nitrogens with two attached hydrogens (primary N) is 1. The Bertz CT molecular complexity index is 958. The van der Waals surface area contributed by atoms with E-state index in [4.69, 9.17) is 40.5 Å². The minimum atomic E-state index is -0.0331. The summed E-state index contributed by atoms with van der Waals surface area (Å²) in [5.41, 5.74) is 10.3. The summed E-state index contributed by atoms with van der Waals surface area (Å²) in [7, 11) is 0.